The van der Waals surface area contributed by atoms with Crippen molar-refractivity contribution < 1.29 is 22.7 Å². The van der Waals surface area contributed by atoms with Gasteiger partial charge in [-0.05, 0) is 44.0 Å². The Morgan fingerprint density at radius 2 is 1.87 bits per heavy atom. The second kappa shape index (κ2) is 11.3. The lowest BCUT2D eigenvalue weighted by molar-refractivity contribution is -0.123. The van der Waals surface area contributed by atoms with Gasteiger partial charge in [0.2, 0.25) is 10.0 Å². The molecule has 0 aromatic heterocycles. The van der Waals surface area contributed by atoms with Crippen LogP contribution >= 0.6 is 11.6 Å². The molecular formula is C20H30ClN3O5S. The van der Waals surface area contributed by atoms with E-state index in [2.05, 4.69) is 10.2 Å². The standard InChI is InChI=1S/C20H30ClN3O5S/c21-18-15-17(30(26,27)24-9-2-1-3-10-24)5-6-19(18)29-16-20(25)22-7-4-8-23-11-13-28-14-12-23/h5-6,15H,1-4,7-14,16H2,(H,22,25). The first-order valence-corrected chi connectivity index (χ1v) is 12.3. The third-order valence-electron chi connectivity index (χ3n) is 5.29. The first kappa shape index (κ1) is 23.3. The van der Waals surface area contributed by atoms with Gasteiger partial charge in [-0.3, -0.25) is 9.69 Å². The summed E-state index contributed by atoms with van der Waals surface area (Å²) in [4.78, 5) is 14.5. The molecule has 1 amide bonds. The molecule has 0 spiro atoms. The van der Waals surface area contributed by atoms with Gasteiger partial charge >= 0.3 is 0 Å². The van der Waals surface area contributed by atoms with Crippen molar-refractivity contribution in [1.29, 1.82) is 0 Å². The first-order chi connectivity index (χ1) is 14.5. The van der Waals surface area contributed by atoms with Gasteiger partial charge in [-0.25, -0.2) is 8.42 Å². The first-order valence-electron chi connectivity index (χ1n) is 10.5. The molecule has 2 aliphatic heterocycles. The van der Waals surface area contributed by atoms with Gasteiger partial charge in [0.25, 0.3) is 5.91 Å². The maximum Gasteiger partial charge on any atom is 0.257 e. The summed E-state index contributed by atoms with van der Waals surface area (Å²) >= 11 is 6.22. The highest BCUT2D eigenvalue weighted by atomic mass is 35.5. The molecular weight excluding hydrogens is 430 g/mol. The van der Waals surface area contributed by atoms with E-state index in [9.17, 15) is 13.2 Å². The number of piperidine rings is 1. The number of carbonyl (C=O) groups is 1. The van der Waals surface area contributed by atoms with Crippen molar-refractivity contribution in [2.75, 3.05) is 59.1 Å². The zero-order valence-electron chi connectivity index (χ0n) is 17.1. The average Bonchev–Trinajstić information content (AvgIpc) is 2.77. The maximum absolute atomic E-state index is 12.7. The minimum atomic E-state index is -3.55. The second-order valence-electron chi connectivity index (χ2n) is 7.50. The summed E-state index contributed by atoms with van der Waals surface area (Å²) in [6, 6.07) is 4.37. The number of carbonyl (C=O) groups excluding carboxylic acids is 1. The van der Waals surface area contributed by atoms with Crippen LogP contribution in [0.4, 0.5) is 0 Å². The van der Waals surface area contributed by atoms with Gasteiger partial charge in [-0.2, -0.15) is 4.31 Å². The zero-order valence-corrected chi connectivity index (χ0v) is 18.7. The fourth-order valence-electron chi connectivity index (χ4n) is 3.56. The summed E-state index contributed by atoms with van der Waals surface area (Å²) in [5.74, 6) is 0.0517. The molecule has 2 saturated heterocycles. The molecule has 0 saturated carbocycles. The summed E-state index contributed by atoms with van der Waals surface area (Å²) in [6.07, 6.45) is 3.65. The number of ether oxygens (including phenoxy) is 2. The lowest BCUT2D eigenvalue weighted by atomic mass is 10.2. The summed E-state index contributed by atoms with van der Waals surface area (Å²) in [5.41, 5.74) is 0. The highest BCUT2D eigenvalue weighted by Crippen LogP contribution is 2.29. The molecule has 1 aromatic carbocycles. The molecule has 2 aliphatic rings. The minimum Gasteiger partial charge on any atom is -0.482 e. The third kappa shape index (κ3) is 6.55. The molecule has 2 fully saturated rings. The molecule has 168 valence electrons. The Morgan fingerprint density at radius 1 is 1.13 bits per heavy atom. The van der Waals surface area contributed by atoms with Crippen LogP contribution in [-0.4, -0.2) is 82.6 Å². The van der Waals surface area contributed by atoms with E-state index >= 15 is 0 Å². The number of halogens is 1. The molecule has 30 heavy (non-hydrogen) atoms. The van der Waals surface area contributed by atoms with Crippen LogP contribution in [0.1, 0.15) is 25.7 Å². The number of morpholine rings is 1. The minimum absolute atomic E-state index is 0.148. The van der Waals surface area contributed by atoms with E-state index in [-0.39, 0.29) is 28.2 Å². The van der Waals surface area contributed by atoms with E-state index in [1.807, 2.05) is 0 Å². The summed E-state index contributed by atoms with van der Waals surface area (Å²) in [7, 11) is -3.55. The van der Waals surface area contributed by atoms with Crippen LogP contribution in [0.15, 0.2) is 23.1 Å². The van der Waals surface area contributed by atoms with Gasteiger partial charge in [-0.15, -0.1) is 0 Å². The van der Waals surface area contributed by atoms with Crippen molar-refractivity contribution in [3.63, 3.8) is 0 Å². The van der Waals surface area contributed by atoms with Crippen molar-refractivity contribution in [2.24, 2.45) is 0 Å². The number of hydrogen-bond acceptors (Lipinski definition) is 6. The number of nitrogens with one attached hydrogen (secondary N) is 1. The van der Waals surface area contributed by atoms with Crippen molar-refractivity contribution in [3.05, 3.63) is 23.2 Å². The van der Waals surface area contributed by atoms with Gasteiger partial charge in [0.15, 0.2) is 6.61 Å². The Balaban J connectivity index is 1.43. The average molecular weight is 460 g/mol. The molecule has 3 rings (SSSR count). The molecule has 0 aliphatic carbocycles. The molecule has 0 bridgehead atoms. The SMILES string of the molecule is O=C(COc1ccc(S(=O)(=O)N2CCCCC2)cc1Cl)NCCCN1CCOCC1. The number of nitrogens with zero attached hydrogens (tertiary/aromatic N) is 2. The molecule has 0 atom stereocenters. The predicted molar refractivity (Wildman–Crippen MR) is 114 cm³/mol. The van der Waals surface area contributed by atoms with Gasteiger partial charge < -0.3 is 14.8 Å². The van der Waals surface area contributed by atoms with Crippen LogP contribution in [-0.2, 0) is 19.6 Å². The van der Waals surface area contributed by atoms with E-state index in [0.29, 0.717) is 19.6 Å². The molecule has 1 aromatic rings. The van der Waals surface area contributed by atoms with E-state index in [0.717, 1.165) is 58.5 Å². The topological polar surface area (TPSA) is 88.2 Å². The lowest BCUT2D eigenvalue weighted by Gasteiger charge is -2.26. The largest absolute Gasteiger partial charge is 0.482 e. The summed E-state index contributed by atoms with van der Waals surface area (Å²) < 4.78 is 37.7. The Hall–Kier alpha value is -1.39. The molecule has 1 N–H and O–H groups in total. The van der Waals surface area contributed by atoms with Crippen LogP contribution in [0.3, 0.4) is 0 Å². The number of benzene rings is 1. The number of amides is 1. The smallest absolute Gasteiger partial charge is 0.257 e. The highest BCUT2D eigenvalue weighted by Gasteiger charge is 2.26. The molecule has 0 unspecified atom stereocenters. The normalized spacial score (nSPS) is 18.8. The van der Waals surface area contributed by atoms with E-state index < -0.39 is 10.0 Å². The second-order valence-corrected chi connectivity index (χ2v) is 9.85. The monoisotopic (exact) mass is 459 g/mol. The van der Waals surface area contributed by atoms with E-state index in [4.69, 9.17) is 21.1 Å². The summed E-state index contributed by atoms with van der Waals surface area (Å²) in [6.45, 7) is 5.77. The van der Waals surface area contributed by atoms with Crippen molar-refractivity contribution in [3.8, 4) is 5.75 Å². The fourth-order valence-corrected chi connectivity index (χ4v) is 5.41. The van der Waals surface area contributed by atoms with Crippen LogP contribution in [0, 0.1) is 0 Å². The molecule has 10 heteroatoms. The number of hydrogen-bond donors (Lipinski definition) is 1. The summed E-state index contributed by atoms with van der Waals surface area (Å²) in [5, 5.41) is 3.00. The molecule has 0 radical (unpaired) electrons. The number of sulfonamides is 1. The van der Waals surface area contributed by atoms with E-state index in [1.165, 1.54) is 22.5 Å². The lowest BCUT2D eigenvalue weighted by Crippen LogP contribution is -2.38. The third-order valence-corrected chi connectivity index (χ3v) is 7.48. The predicted octanol–water partition coefficient (Wildman–Crippen LogP) is 1.73. The highest BCUT2D eigenvalue weighted by molar-refractivity contribution is 7.89. The van der Waals surface area contributed by atoms with Gasteiger partial charge in [0.05, 0.1) is 23.1 Å². The molecule has 2 heterocycles. The van der Waals surface area contributed by atoms with Crippen LogP contribution < -0.4 is 10.1 Å². The van der Waals surface area contributed by atoms with Gasteiger partial charge in [0.1, 0.15) is 5.75 Å². The van der Waals surface area contributed by atoms with Crippen LogP contribution in [0.25, 0.3) is 0 Å². The molecule has 8 nitrogen and oxygen atoms in total. The van der Waals surface area contributed by atoms with Gasteiger partial charge in [0, 0.05) is 32.7 Å². The zero-order chi connectivity index (χ0) is 21.4. The maximum atomic E-state index is 12.7. The van der Waals surface area contributed by atoms with E-state index in [1.54, 1.807) is 0 Å². The van der Waals surface area contributed by atoms with Crippen LogP contribution in [0.2, 0.25) is 5.02 Å². The Labute approximate surface area is 183 Å². The van der Waals surface area contributed by atoms with Gasteiger partial charge in [-0.1, -0.05) is 18.0 Å². The Bertz CT molecular complexity index is 809. The fraction of sp³-hybridized carbons (Fsp3) is 0.650. The van der Waals surface area contributed by atoms with Crippen LogP contribution in [0.5, 0.6) is 5.75 Å². The van der Waals surface area contributed by atoms with Crippen molar-refractivity contribution in [1.82, 2.24) is 14.5 Å². The Morgan fingerprint density at radius 3 is 2.57 bits per heavy atom. The number of rotatable bonds is 9. The Kier molecular flexibility index (Phi) is 8.76. The van der Waals surface area contributed by atoms with Crippen molar-refractivity contribution >= 4 is 27.5 Å². The van der Waals surface area contributed by atoms with Crippen molar-refractivity contribution in [2.45, 2.75) is 30.6 Å². The quantitative estimate of drug-likeness (QED) is 0.566.